The van der Waals surface area contributed by atoms with Crippen molar-refractivity contribution in [3.05, 3.63) is 97.1 Å². The molecule has 3 aromatic rings. The summed E-state index contributed by atoms with van der Waals surface area (Å²) in [5, 5.41) is 3.81. The molecule has 0 bridgehead atoms. The van der Waals surface area contributed by atoms with Gasteiger partial charge in [0, 0.05) is 33.8 Å². The lowest BCUT2D eigenvalue weighted by atomic mass is 9.69. The Labute approximate surface area is 209 Å². The van der Waals surface area contributed by atoms with Crippen molar-refractivity contribution < 1.29 is 9.18 Å². The van der Waals surface area contributed by atoms with Gasteiger partial charge in [0.2, 0.25) is 0 Å². The van der Waals surface area contributed by atoms with Crippen LogP contribution in [0.25, 0.3) is 0 Å². The molecule has 1 aliphatic carbocycles. The van der Waals surface area contributed by atoms with Crippen LogP contribution in [0.15, 0.2) is 74.2 Å². The molecule has 34 heavy (non-hydrogen) atoms. The smallest absolute Gasteiger partial charge is 0.257 e. The monoisotopic (exact) mass is 539 g/mol. The van der Waals surface area contributed by atoms with Gasteiger partial charge in [-0.1, -0.05) is 65.8 Å². The number of nitrogens with one attached hydrogen (secondary N) is 2. The predicted molar refractivity (Wildman–Crippen MR) is 135 cm³/mol. The van der Waals surface area contributed by atoms with E-state index in [1.165, 1.54) is 23.9 Å². The van der Waals surface area contributed by atoms with Gasteiger partial charge in [-0.15, -0.1) is 0 Å². The fourth-order valence-corrected chi connectivity index (χ4v) is 5.95. The van der Waals surface area contributed by atoms with E-state index in [0.717, 1.165) is 21.3 Å². The van der Waals surface area contributed by atoms with Crippen LogP contribution in [0, 0.1) is 11.2 Å². The molecule has 0 radical (unpaired) electrons. The van der Waals surface area contributed by atoms with Crippen LogP contribution in [0.2, 0.25) is 0 Å². The first kappa shape index (κ1) is 23.1. The van der Waals surface area contributed by atoms with Gasteiger partial charge >= 0.3 is 0 Å². The Kier molecular flexibility index (Phi) is 5.98. The van der Waals surface area contributed by atoms with Crippen molar-refractivity contribution in [1.29, 1.82) is 0 Å². The molecule has 0 saturated heterocycles. The highest BCUT2D eigenvalue weighted by molar-refractivity contribution is 9.10. The highest BCUT2D eigenvalue weighted by atomic mass is 79.9. The summed E-state index contributed by atoms with van der Waals surface area (Å²) < 4.78 is 14.1. The fourth-order valence-electron chi connectivity index (χ4n) is 4.71. The summed E-state index contributed by atoms with van der Waals surface area (Å²) >= 11 is 4.90. The van der Waals surface area contributed by atoms with Crippen LogP contribution in [0.4, 0.5) is 10.2 Å². The zero-order valence-corrected chi connectivity index (χ0v) is 21.1. The number of fused-ring (bicyclic) bond motifs is 1. The van der Waals surface area contributed by atoms with Crippen LogP contribution in [0.1, 0.15) is 49.3 Å². The van der Waals surface area contributed by atoms with Crippen molar-refractivity contribution >= 4 is 39.3 Å². The predicted octanol–water partition coefficient (Wildman–Crippen LogP) is 6.16. The maximum Gasteiger partial charge on any atom is 0.257 e. The number of nitrogens with zero attached hydrogens (tertiary/aromatic N) is 1. The Morgan fingerprint density at radius 3 is 2.65 bits per heavy atom. The maximum atomic E-state index is 13.4. The molecule has 1 unspecified atom stereocenters. The molecule has 2 aliphatic rings. The van der Waals surface area contributed by atoms with E-state index < -0.39 is 5.92 Å². The Balaban J connectivity index is 1.58. The molecule has 0 fully saturated rings. The number of anilines is 1. The molecule has 5 rings (SSSR count). The number of hydrogen-bond acceptors (Lipinski definition) is 5. The second-order valence-corrected chi connectivity index (χ2v) is 11.4. The number of halogens is 2. The summed E-state index contributed by atoms with van der Waals surface area (Å²) in [6.45, 7) is 4.16. The summed E-state index contributed by atoms with van der Waals surface area (Å²) in [5.41, 5.74) is 3.30. The molecule has 5 nitrogen and oxygen atoms in total. The standard InChI is InChI=1S/C26H23BrFN3O2S/c1-26(2)11-18-21(19(32)12-26)20(15-4-3-5-16(27)10-15)22-23(29-18)30-25(31-24(22)33)34-13-14-6-8-17(28)9-7-14/h3-10,20H,11-13H2,1-2H3,(H2,29,30,31,33). The molecule has 0 amide bonds. The SMILES string of the molecule is CC1(C)CC(=O)C2=C(C1)Nc1nc(SCc3ccc(F)cc3)[nH]c(=O)c1C2c1cccc(Br)c1. The zero-order valence-electron chi connectivity index (χ0n) is 18.7. The number of H-pyrrole nitrogens is 1. The summed E-state index contributed by atoms with van der Waals surface area (Å²) in [5.74, 6) is 0.310. The number of carbonyl (C=O) groups excluding carboxylic acids is 1. The van der Waals surface area contributed by atoms with Crippen molar-refractivity contribution in [1.82, 2.24) is 9.97 Å². The second-order valence-electron chi connectivity index (χ2n) is 9.49. The number of aromatic nitrogens is 2. The third-order valence-corrected chi connectivity index (χ3v) is 7.61. The van der Waals surface area contributed by atoms with Gasteiger partial charge in [-0.05, 0) is 47.2 Å². The van der Waals surface area contributed by atoms with E-state index in [0.29, 0.717) is 40.7 Å². The topological polar surface area (TPSA) is 74.8 Å². The molecule has 8 heteroatoms. The molecular formula is C26H23BrFN3O2S. The summed E-state index contributed by atoms with van der Waals surface area (Å²) in [6, 6.07) is 14.0. The molecule has 1 aliphatic heterocycles. The lowest BCUT2D eigenvalue weighted by Gasteiger charge is -2.38. The summed E-state index contributed by atoms with van der Waals surface area (Å²) in [6.07, 6.45) is 1.13. The molecule has 1 atom stereocenters. The van der Waals surface area contributed by atoms with E-state index in [2.05, 4.69) is 40.1 Å². The van der Waals surface area contributed by atoms with Gasteiger partial charge in [0.15, 0.2) is 10.9 Å². The molecule has 2 aromatic carbocycles. The number of benzene rings is 2. The van der Waals surface area contributed by atoms with Crippen molar-refractivity contribution in [2.24, 2.45) is 5.41 Å². The Hall–Kier alpha value is -2.71. The minimum absolute atomic E-state index is 0.0588. The van der Waals surface area contributed by atoms with Gasteiger partial charge in [-0.2, -0.15) is 0 Å². The zero-order chi connectivity index (χ0) is 24.0. The Bertz CT molecular complexity index is 1380. The Morgan fingerprint density at radius 1 is 1.15 bits per heavy atom. The van der Waals surface area contributed by atoms with E-state index in [4.69, 9.17) is 4.98 Å². The highest BCUT2D eigenvalue weighted by Gasteiger charge is 2.42. The number of hydrogen-bond donors (Lipinski definition) is 2. The highest BCUT2D eigenvalue weighted by Crippen LogP contribution is 2.47. The molecule has 2 heterocycles. The number of aromatic amines is 1. The van der Waals surface area contributed by atoms with Gasteiger partial charge in [-0.25, -0.2) is 9.37 Å². The summed E-state index contributed by atoms with van der Waals surface area (Å²) in [7, 11) is 0. The summed E-state index contributed by atoms with van der Waals surface area (Å²) in [4.78, 5) is 34.3. The van der Waals surface area contributed by atoms with E-state index >= 15 is 0 Å². The van der Waals surface area contributed by atoms with Crippen LogP contribution in [0.3, 0.4) is 0 Å². The van der Waals surface area contributed by atoms with Crippen LogP contribution in [-0.2, 0) is 10.5 Å². The van der Waals surface area contributed by atoms with Crippen LogP contribution < -0.4 is 10.9 Å². The fraction of sp³-hybridized carbons (Fsp3) is 0.269. The van der Waals surface area contributed by atoms with E-state index in [-0.39, 0.29) is 22.6 Å². The number of carbonyl (C=O) groups is 1. The Morgan fingerprint density at radius 2 is 1.91 bits per heavy atom. The average molecular weight is 540 g/mol. The van der Waals surface area contributed by atoms with E-state index in [1.807, 2.05) is 24.3 Å². The lowest BCUT2D eigenvalue weighted by molar-refractivity contribution is -0.118. The van der Waals surface area contributed by atoms with Gasteiger partial charge in [-0.3, -0.25) is 9.59 Å². The minimum atomic E-state index is -0.486. The molecular weight excluding hydrogens is 517 g/mol. The van der Waals surface area contributed by atoms with Crippen molar-refractivity contribution in [3.63, 3.8) is 0 Å². The van der Waals surface area contributed by atoms with Gasteiger partial charge in [0.25, 0.3) is 5.56 Å². The quantitative estimate of drug-likeness (QED) is 0.306. The van der Waals surface area contributed by atoms with Gasteiger partial charge in [0.1, 0.15) is 11.6 Å². The molecule has 0 spiro atoms. The van der Waals surface area contributed by atoms with Crippen LogP contribution >= 0.6 is 27.7 Å². The van der Waals surface area contributed by atoms with Crippen molar-refractivity contribution in [2.75, 3.05) is 5.32 Å². The van der Waals surface area contributed by atoms with E-state index in [1.54, 1.807) is 12.1 Å². The first-order chi connectivity index (χ1) is 16.2. The number of Topliss-reactive ketones (excluding diaryl/α,β-unsaturated/α-hetero) is 1. The largest absolute Gasteiger partial charge is 0.343 e. The lowest BCUT2D eigenvalue weighted by Crippen LogP contribution is -2.37. The normalized spacial score (nSPS) is 18.8. The molecule has 2 N–H and O–H groups in total. The number of thioether (sulfide) groups is 1. The number of ketones is 1. The number of allylic oxidation sites excluding steroid dienone is 2. The van der Waals surface area contributed by atoms with Crippen molar-refractivity contribution in [3.8, 4) is 0 Å². The first-order valence-corrected chi connectivity index (χ1v) is 12.8. The third-order valence-electron chi connectivity index (χ3n) is 6.17. The molecule has 1 aromatic heterocycles. The van der Waals surface area contributed by atoms with Crippen molar-refractivity contribution in [2.45, 2.75) is 43.5 Å². The first-order valence-electron chi connectivity index (χ1n) is 11.0. The minimum Gasteiger partial charge on any atom is -0.343 e. The maximum absolute atomic E-state index is 13.4. The molecule has 174 valence electrons. The van der Waals surface area contributed by atoms with Gasteiger partial charge < -0.3 is 10.3 Å². The third kappa shape index (κ3) is 4.49. The molecule has 0 saturated carbocycles. The van der Waals surface area contributed by atoms with E-state index in [9.17, 15) is 14.0 Å². The number of rotatable bonds is 4. The van der Waals surface area contributed by atoms with Crippen LogP contribution in [0.5, 0.6) is 0 Å². The average Bonchev–Trinajstić information content (AvgIpc) is 2.76. The second kappa shape index (κ2) is 8.82. The van der Waals surface area contributed by atoms with Crippen LogP contribution in [-0.4, -0.2) is 15.8 Å². The van der Waals surface area contributed by atoms with Gasteiger partial charge in [0.05, 0.1) is 5.56 Å².